The second-order valence-electron chi connectivity index (χ2n) is 6.67. The molecule has 0 aliphatic carbocycles. The van der Waals surface area contributed by atoms with E-state index in [4.69, 9.17) is 14.5 Å². The Morgan fingerprint density at radius 1 is 0.833 bits per heavy atom. The van der Waals surface area contributed by atoms with E-state index in [0.717, 1.165) is 0 Å². The van der Waals surface area contributed by atoms with Gasteiger partial charge in [-0.3, -0.25) is 4.99 Å². The summed E-state index contributed by atoms with van der Waals surface area (Å²) in [6.45, 7) is 0. The van der Waals surface area contributed by atoms with E-state index in [1.165, 1.54) is 7.11 Å². The summed E-state index contributed by atoms with van der Waals surface area (Å²) in [4.78, 5) is 17.7. The van der Waals surface area contributed by atoms with Crippen LogP contribution in [-0.2, 0) is 19.4 Å². The summed E-state index contributed by atoms with van der Waals surface area (Å²) in [6, 6.07) is 19.3. The van der Waals surface area contributed by atoms with Gasteiger partial charge >= 0.3 is 5.97 Å². The van der Waals surface area contributed by atoms with Crippen LogP contribution in [0.4, 0.5) is 0 Å². The first-order valence-corrected chi connectivity index (χ1v) is 10.7. The fourth-order valence-corrected chi connectivity index (χ4v) is 5.15. The van der Waals surface area contributed by atoms with Gasteiger partial charge in [0.25, 0.3) is 0 Å². The number of hydrogen-bond donors (Lipinski definition) is 0. The molecule has 1 aliphatic rings. The highest BCUT2D eigenvalue weighted by Gasteiger charge is 2.34. The van der Waals surface area contributed by atoms with Crippen molar-refractivity contribution in [3.05, 3.63) is 89.5 Å². The topological polar surface area (TPSA) is 82.0 Å². The van der Waals surface area contributed by atoms with Crippen LogP contribution in [0, 0.1) is 0 Å². The molecule has 6 nitrogen and oxygen atoms in total. The SMILES string of the molecule is COC(=O)C(N=C1c2ccccc2S(=O)(=O)c2ccccc21)c1ccc(OC)cc1. The molecule has 1 unspecified atom stereocenters. The van der Waals surface area contributed by atoms with Crippen LogP contribution >= 0.6 is 0 Å². The average molecular weight is 421 g/mol. The molecule has 0 amide bonds. The Morgan fingerprint density at radius 3 is 1.87 bits per heavy atom. The van der Waals surface area contributed by atoms with Crippen molar-refractivity contribution < 1.29 is 22.7 Å². The average Bonchev–Trinajstić information content (AvgIpc) is 2.79. The molecule has 1 heterocycles. The predicted molar refractivity (Wildman–Crippen MR) is 112 cm³/mol. The molecule has 0 saturated carbocycles. The van der Waals surface area contributed by atoms with E-state index < -0.39 is 21.8 Å². The number of nitrogens with zero attached hydrogens (tertiary/aromatic N) is 1. The maximum absolute atomic E-state index is 13.1. The van der Waals surface area contributed by atoms with E-state index in [9.17, 15) is 13.2 Å². The van der Waals surface area contributed by atoms with Crippen molar-refractivity contribution in [3.8, 4) is 5.75 Å². The van der Waals surface area contributed by atoms with Crippen molar-refractivity contribution in [3.63, 3.8) is 0 Å². The lowest BCUT2D eigenvalue weighted by Crippen LogP contribution is -2.23. The van der Waals surface area contributed by atoms with E-state index in [1.54, 1.807) is 79.9 Å². The predicted octanol–water partition coefficient (Wildman–Crippen LogP) is 3.59. The number of ether oxygens (including phenoxy) is 2. The minimum atomic E-state index is -3.68. The second kappa shape index (κ2) is 7.76. The maximum atomic E-state index is 13.1. The molecule has 3 aromatic carbocycles. The maximum Gasteiger partial charge on any atom is 0.335 e. The summed E-state index contributed by atoms with van der Waals surface area (Å²) in [7, 11) is -0.826. The molecule has 0 N–H and O–H groups in total. The zero-order chi connectivity index (χ0) is 21.3. The zero-order valence-corrected chi connectivity index (χ0v) is 17.2. The number of sulfone groups is 1. The normalized spacial score (nSPS) is 14.8. The first kappa shape index (κ1) is 19.8. The lowest BCUT2D eigenvalue weighted by molar-refractivity contribution is -0.142. The summed E-state index contributed by atoms with van der Waals surface area (Å²) in [5.74, 6) is 0.102. The van der Waals surface area contributed by atoms with E-state index in [1.807, 2.05) is 0 Å². The Hall–Kier alpha value is -3.45. The van der Waals surface area contributed by atoms with Crippen LogP contribution in [0.1, 0.15) is 22.7 Å². The quantitative estimate of drug-likeness (QED) is 0.470. The van der Waals surface area contributed by atoms with Gasteiger partial charge in [0.05, 0.1) is 29.7 Å². The van der Waals surface area contributed by atoms with Gasteiger partial charge in [-0.2, -0.15) is 0 Å². The van der Waals surface area contributed by atoms with Crippen molar-refractivity contribution in [2.75, 3.05) is 14.2 Å². The summed E-state index contributed by atoms with van der Waals surface area (Å²) in [5, 5.41) is 0. The molecular weight excluding hydrogens is 402 g/mol. The van der Waals surface area contributed by atoms with Crippen LogP contribution in [0.25, 0.3) is 0 Å². The van der Waals surface area contributed by atoms with Crippen LogP contribution in [0.3, 0.4) is 0 Å². The van der Waals surface area contributed by atoms with E-state index in [2.05, 4.69) is 0 Å². The minimum Gasteiger partial charge on any atom is -0.497 e. The molecular formula is C23H19NO5S. The lowest BCUT2D eigenvalue weighted by atomic mass is 10.00. The van der Waals surface area contributed by atoms with Crippen LogP contribution in [-0.4, -0.2) is 34.3 Å². The number of hydrogen-bond acceptors (Lipinski definition) is 6. The largest absolute Gasteiger partial charge is 0.497 e. The smallest absolute Gasteiger partial charge is 0.335 e. The fraction of sp³-hybridized carbons (Fsp3) is 0.130. The highest BCUT2D eigenvalue weighted by molar-refractivity contribution is 7.91. The third-order valence-corrected chi connectivity index (χ3v) is 6.85. The van der Waals surface area contributed by atoms with Gasteiger partial charge in [-0.15, -0.1) is 0 Å². The molecule has 1 aliphatic heterocycles. The van der Waals surface area contributed by atoms with Gasteiger partial charge in [-0.05, 0) is 29.8 Å². The molecule has 0 bridgehead atoms. The van der Waals surface area contributed by atoms with Crippen LogP contribution < -0.4 is 4.74 Å². The van der Waals surface area contributed by atoms with Gasteiger partial charge in [0, 0.05) is 11.1 Å². The number of carbonyl (C=O) groups excluding carboxylic acids is 1. The number of aliphatic imine (C=N–C) groups is 1. The fourth-order valence-electron chi connectivity index (χ4n) is 3.49. The summed E-state index contributed by atoms with van der Waals surface area (Å²) < 4.78 is 36.4. The number of rotatable bonds is 4. The van der Waals surface area contributed by atoms with Gasteiger partial charge in [-0.25, -0.2) is 13.2 Å². The van der Waals surface area contributed by atoms with Crippen molar-refractivity contribution in [1.29, 1.82) is 0 Å². The lowest BCUT2D eigenvalue weighted by Gasteiger charge is -2.23. The first-order chi connectivity index (χ1) is 14.5. The van der Waals surface area contributed by atoms with Crippen molar-refractivity contribution in [1.82, 2.24) is 0 Å². The third-order valence-electron chi connectivity index (χ3n) is 4.98. The second-order valence-corrected chi connectivity index (χ2v) is 8.56. The molecule has 7 heteroatoms. The highest BCUT2D eigenvalue weighted by Crippen LogP contribution is 2.36. The zero-order valence-electron chi connectivity index (χ0n) is 16.4. The summed E-state index contributed by atoms with van der Waals surface area (Å²) in [5.41, 5.74) is 1.96. The molecule has 152 valence electrons. The van der Waals surface area contributed by atoms with E-state index in [-0.39, 0.29) is 9.79 Å². The Bertz CT molecular complexity index is 1190. The van der Waals surface area contributed by atoms with Gasteiger partial charge in [0.15, 0.2) is 6.04 Å². The Kier molecular flexibility index (Phi) is 5.13. The van der Waals surface area contributed by atoms with Gasteiger partial charge in [0.2, 0.25) is 9.84 Å². The number of fused-ring (bicyclic) bond motifs is 2. The van der Waals surface area contributed by atoms with Crippen LogP contribution in [0.2, 0.25) is 0 Å². The van der Waals surface area contributed by atoms with Crippen molar-refractivity contribution in [2.45, 2.75) is 15.8 Å². The molecule has 3 aromatic rings. The number of carbonyl (C=O) groups is 1. The van der Waals surface area contributed by atoms with Crippen molar-refractivity contribution in [2.24, 2.45) is 4.99 Å². The van der Waals surface area contributed by atoms with Gasteiger partial charge < -0.3 is 9.47 Å². The van der Waals surface area contributed by atoms with Gasteiger partial charge in [-0.1, -0.05) is 48.5 Å². The molecule has 0 aromatic heterocycles. The van der Waals surface area contributed by atoms with Crippen molar-refractivity contribution >= 4 is 21.5 Å². The monoisotopic (exact) mass is 421 g/mol. The molecule has 0 fully saturated rings. The molecule has 0 spiro atoms. The molecule has 1 atom stereocenters. The van der Waals surface area contributed by atoms with E-state index >= 15 is 0 Å². The minimum absolute atomic E-state index is 0.167. The molecule has 30 heavy (non-hydrogen) atoms. The highest BCUT2D eigenvalue weighted by atomic mass is 32.2. The van der Waals surface area contributed by atoms with Crippen LogP contribution in [0.5, 0.6) is 5.75 Å². The van der Waals surface area contributed by atoms with Gasteiger partial charge in [0.1, 0.15) is 5.75 Å². The Morgan fingerprint density at radius 2 is 1.37 bits per heavy atom. The Labute approximate surface area is 174 Å². The molecule has 0 radical (unpaired) electrons. The third kappa shape index (κ3) is 3.27. The number of esters is 1. The first-order valence-electron chi connectivity index (χ1n) is 9.21. The Balaban J connectivity index is 1.96. The van der Waals surface area contributed by atoms with Crippen LogP contribution in [0.15, 0.2) is 87.6 Å². The van der Waals surface area contributed by atoms with E-state index in [0.29, 0.717) is 28.2 Å². The molecule has 4 rings (SSSR count). The standard InChI is InChI=1S/C23H19NO5S/c1-28-16-13-11-15(12-14-16)21(23(25)29-2)24-22-17-7-3-5-9-19(17)30(26,27)20-10-6-4-8-18(20)22/h3-14,21H,1-2H3. The summed E-state index contributed by atoms with van der Waals surface area (Å²) in [6.07, 6.45) is 0. The molecule has 0 saturated heterocycles. The number of methoxy groups -OCH3 is 2. The summed E-state index contributed by atoms with van der Waals surface area (Å²) >= 11 is 0. The number of benzene rings is 3.